The van der Waals surface area contributed by atoms with E-state index >= 15 is 0 Å². The van der Waals surface area contributed by atoms with Gasteiger partial charge in [-0.15, -0.1) is 11.8 Å². The van der Waals surface area contributed by atoms with Crippen LogP contribution in [-0.4, -0.2) is 55.6 Å². The maximum atomic E-state index is 5.81. The largest absolute Gasteiger partial charge is 0.374 e. The van der Waals surface area contributed by atoms with Gasteiger partial charge in [-0.2, -0.15) is 0 Å². The first-order valence-electron chi connectivity index (χ1n) is 7.50. The van der Waals surface area contributed by atoms with Crippen LogP contribution in [0.3, 0.4) is 0 Å². The predicted octanol–water partition coefficient (Wildman–Crippen LogP) is 2.48. The van der Waals surface area contributed by atoms with E-state index in [0.717, 1.165) is 38.5 Å². The minimum absolute atomic E-state index is 0.341. The summed E-state index contributed by atoms with van der Waals surface area (Å²) in [5, 5.41) is 3.51. The topological polar surface area (TPSA) is 24.5 Å². The first-order valence-corrected chi connectivity index (χ1v) is 8.48. The molecule has 20 heavy (non-hydrogen) atoms. The van der Waals surface area contributed by atoms with Crippen LogP contribution < -0.4 is 5.32 Å². The molecule has 112 valence electrons. The summed E-state index contributed by atoms with van der Waals surface area (Å²) in [7, 11) is 0. The lowest BCUT2D eigenvalue weighted by atomic mass is 10.2. The predicted molar refractivity (Wildman–Crippen MR) is 86.5 cm³/mol. The molecule has 0 saturated carbocycles. The van der Waals surface area contributed by atoms with E-state index in [0.29, 0.717) is 12.1 Å². The lowest BCUT2D eigenvalue weighted by Crippen LogP contribution is -2.49. The van der Waals surface area contributed by atoms with Gasteiger partial charge in [-0.25, -0.2) is 0 Å². The summed E-state index contributed by atoms with van der Waals surface area (Å²) in [5.74, 6) is 1.10. The SMILES string of the molecule is CC(C)N1CCOC(CNCCSc2ccccc2)C1. The van der Waals surface area contributed by atoms with Crippen LogP contribution in [0, 0.1) is 0 Å². The molecule has 0 bridgehead atoms. The highest BCUT2D eigenvalue weighted by atomic mass is 32.2. The smallest absolute Gasteiger partial charge is 0.0826 e. The molecule has 1 N–H and O–H groups in total. The number of benzene rings is 1. The Hall–Kier alpha value is -0.550. The monoisotopic (exact) mass is 294 g/mol. The molecule has 1 saturated heterocycles. The van der Waals surface area contributed by atoms with Gasteiger partial charge in [0.1, 0.15) is 0 Å². The fourth-order valence-corrected chi connectivity index (χ4v) is 3.19. The highest BCUT2D eigenvalue weighted by Gasteiger charge is 2.21. The van der Waals surface area contributed by atoms with Crippen LogP contribution in [0.4, 0.5) is 0 Å². The van der Waals surface area contributed by atoms with Crippen molar-refractivity contribution in [1.82, 2.24) is 10.2 Å². The van der Waals surface area contributed by atoms with Crippen molar-refractivity contribution in [3.8, 4) is 0 Å². The van der Waals surface area contributed by atoms with E-state index in [1.807, 2.05) is 11.8 Å². The average molecular weight is 294 g/mol. The summed E-state index contributed by atoms with van der Waals surface area (Å²) in [5.41, 5.74) is 0. The number of nitrogens with zero attached hydrogens (tertiary/aromatic N) is 1. The summed E-state index contributed by atoms with van der Waals surface area (Å²) in [4.78, 5) is 3.84. The summed E-state index contributed by atoms with van der Waals surface area (Å²) < 4.78 is 5.81. The van der Waals surface area contributed by atoms with Crippen molar-refractivity contribution in [2.45, 2.75) is 30.9 Å². The number of hydrogen-bond acceptors (Lipinski definition) is 4. The van der Waals surface area contributed by atoms with Crippen molar-refractivity contribution in [1.29, 1.82) is 0 Å². The molecule has 1 heterocycles. The van der Waals surface area contributed by atoms with Crippen LogP contribution in [0.25, 0.3) is 0 Å². The molecular formula is C16H26N2OS. The Labute approximate surface area is 127 Å². The second-order valence-electron chi connectivity index (χ2n) is 5.45. The quantitative estimate of drug-likeness (QED) is 0.617. The highest BCUT2D eigenvalue weighted by Crippen LogP contribution is 2.15. The molecule has 1 unspecified atom stereocenters. The van der Waals surface area contributed by atoms with Crippen LogP contribution in [0.2, 0.25) is 0 Å². The molecule has 0 radical (unpaired) electrons. The third kappa shape index (κ3) is 5.44. The van der Waals surface area contributed by atoms with Crippen molar-refractivity contribution in [2.75, 3.05) is 38.5 Å². The average Bonchev–Trinajstić information content (AvgIpc) is 2.48. The molecule has 1 fully saturated rings. The normalized spacial score (nSPS) is 20.4. The zero-order valence-corrected chi connectivity index (χ0v) is 13.4. The molecule has 2 rings (SSSR count). The van der Waals surface area contributed by atoms with Gasteiger partial charge in [0.2, 0.25) is 0 Å². The number of morpholine rings is 1. The Bertz CT molecular complexity index is 372. The van der Waals surface area contributed by atoms with Gasteiger partial charge in [0.25, 0.3) is 0 Å². The Kier molecular flexibility index (Phi) is 6.87. The summed E-state index contributed by atoms with van der Waals surface area (Å²) in [6.07, 6.45) is 0.341. The van der Waals surface area contributed by atoms with Crippen LogP contribution in [0.15, 0.2) is 35.2 Å². The second kappa shape index (κ2) is 8.67. The van der Waals surface area contributed by atoms with Crippen molar-refractivity contribution in [2.24, 2.45) is 0 Å². The summed E-state index contributed by atoms with van der Waals surface area (Å²) >= 11 is 1.90. The Morgan fingerprint density at radius 3 is 2.90 bits per heavy atom. The summed E-state index contributed by atoms with van der Waals surface area (Å²) in [6, 6.07) is 11.2. The van der Waals surface area contributed by atoms with Gasteiger partial charge in [0.05, 0.1) is 12.7 Å². The van der Waals surface area contributed by atoms with Gasteiger partial charge in [0.15, 0.2) is 0 Å². The third-order valence-electron chi connectivity index (χ3n) is 3.56. The molecule has 0 aliphatic carbocycles. The van der Waals surface area contributed by atoms with E-state index < -0.39 is 0 Å². The number of nitrogens with one attached hydrogen (secondary N) is 1. The van der Waals surface area contributed by atoms with E-state index in [-0.39, 0.29) is 0 Å². The van der Waals surface area contributed by atoms with Gasteiger partial charge in [-0.3, -0.25) is 4.90 Å². The van der Waals surface area contributed by atoms with Crippen molar-refractivity contribution < 1.29 is 4.74 Å². The minimum atomic E-state index is 0.341. The zero-order chi connectivity index (χ0) is 14.2. The molecular weight excluding hydrogens is 268 g/mol. The first kappa shape index (κ1) is 15.8. The fourth-order valence-electron chi connectivity index (χ4n) is 2.36. The van der Waals surface area contributed by atoms with Crippen molar-refractivity contribution in [3.63, 3.8) is 0 Å². The number of rotatable bonds is 7. The second-order valence-corrected chi connectivity index (χ2v) is 6.62. The molecule has 1 atom stereocenters. The van der Waals surface area contributed by atoms with Gasteiger partial charge < -0.3 is 10.1 Å². The molecule has 4 heteroatoms. The third-order valence-corrected chi connectivity index (χ3v) is 4.58. The molecule has 0 amide bonds. The fraction of sp³-hybridized carbons (Fsp3) is 0.625. The molecule has 1 aromatic carbocycles. The minimum Gasteiger partial charge on any atom is -0.374 e. The van der Waals surface area contributed by atoms with Gasteiger partial charge in [-0.05, 0) is 26.0 Å². The standard InChI is InChI=1S/C16H26N2OS/c1-14(2)18-9-10-19-15(13-18)12-17-8-11-20-16-6-4-3-5-7-16/h3-7,14-15,17H,8-13H2,1-2H3. The van der Waals surface area contributed by atoms with E-state index in [1.165, 1.54) is 4.90 Å². The van der Waals surface area contributed by atoms with Crippen LogP contribution in [0.1, 0.15) is 13.8 Å². The van der Waals surface area contributed by atoms with Gasteiger partial charge >= 0.3 is 0 Å². The van der Waals surface area contributed by atoms with Gasteiger partial charge in [0, 0.05) is 42.9 Å². The molecule has 1 aliphatic heterocycles. The van der Waals surface area contributed by atoms with E-state index in [4.69, 9.17) is 4.74 Å². The number of hydrogen-bond donors (Lipinski definition) is 1. The van der Waals surface area contributed by atoms with Crippen LogP contribution >= 0.6 is 11.8 Å². The molecule has 1 aliphatic rings. The zero-order valence-electron chi connectivity index (χ0n) is 12.5. The maximum Gasteiger partial charge on any atom is 0.0826 e. The Morgan fingerprint density at radius 1 is 1.35 bits per heavy atom. The lowest BCUT2D eigenvalue weighted by molar-refractivity contribution is -0.0368. The van der Waals surface area contributed by atoms with Crippen LogP contribution in [-0.2, 0) is 4.74 Å². The van der Waals surface area contributed by atoms with E-state index in [9.17, 15) is 0 Å². The molecule has 1 aromatic rings. The number of ether oxygens (including phenoxy) is 1. The Morgan fingerprint density at radius 2 is 2.15 bits per heavy atom. The Balaban J connectivity index is 1.57. The van der Waals surface area contributed by atoms with Crippen LogP contribution in [0.5, 0.6) is 0 Å². The van der Waals surface area contributed by atoms with E-state index in [1.54, 1.807) is 0 Å². The van der Waals surface area contributed by atoms with Crippen molar-refractivity contribution >= 4 is 11.8 Å². The molecule has 0 aromatic heterocycles. The molecule has 3 nitrogen and oxygen atoms in total. The first-order chi connectivity index (χ1) is 9.75. The highest BCUT2D eigenvalue weighted by molar-refractivity contribution is 7.99. The summed E-state index contributed by atoms with van der Waals surface area (Å²) in [6.45, 7) is 9.48. The lowest BCUT2D eigenvalue weighted by Gasteiger charge is -2.35. The number of thioether (sulfide) groups is 1. The maximum absolute atomic E-state index is 5.81. The molecule has 0 spiro atoms. The van der Waals surface area contributed by atoms with Gasteiger partial charge in [-0.1, -0.05) is 18.2 Å². The van der Waals surface area contributed by atoms with E-state index in [2.05, 4.69) is 54.4 Å². The van der Waals surface area contributed by atoms with Crippen molar-refractivity contribution in [3.05, 3.63) is 30.3 Å².